The van der Waals surface area contributed by atoms with E-state index in [9.17, 15) is 0 Å². The zero-order valence-electron chi connectivity index (χ0n) is 7.66. The van der Waals surface area contributed by atoms with Gasteiger partial charge in [-0.05, 0) is 38.0 Å². The Morgan fingerprint density at radius 3 is 2.58 bits per heavy atom. The number of benzene rings is 1. The van der Waals surface area contributed by atoms with E-state index in [-0.39, 0.29) is 0 Å². The Bertz CT molecular complexity index is 267. The van der Waals surface area contributed by atoms with Crippen LogP contribution >= 0.6 is 0 Å². The molecule has 1 rings (SSSR count). The van der Waals surface area contributed by atoms with Crippen molar-refractivity contribution in [3.05, 3.63) is 29.3 Å². The van der Waals surface area contributed by atoms with E-state index < -0.39 is 6.29 Å². The molecule has 2 nitrogen and oxygen atoms in total. The number of aryl methyl sites for hydroxylation is 2. The summed E-state index contributed by atoms with van der Waals surface area (Å²) < 4.78 is 5.18. The predicted molar refractivity (Wildman–Crippen MR) is 48.2 cm³/mol. The van der Waals surface area contributed by atoms with Crippen LogP contribution in [0.25, 0.3) is 0 Å². The molecule has 1 aromatic carbocycles. The molecule has 0 spiro atoms. The molecule has 0 amide bonds. The van der Waals surface area contributed by atoms with E-state index >= 15 is 0 Å². The lowest BCUT2D eigenvalue weighted by atomic mass is 10.1. The van der Waals surface area contributed by atoms with E-state index in [1.54, 1.807) is 6.92 Å². The molecular weight excluding hydrogens is 152 g/mol. The average Bonchev–Trinajstić information content (AvgIpc) is 1.96. The highest BCUT2D eigenvalue weighted by Gasteiger charge is 2.01. The van der Waals surface area contributed by atoms with E-state index in [4.69, 9.17) is 9.84 Å². The third-order valence-electron chi connectivity index (χ3n) is 1.64. The lowest BCUT2D eigenvalue weighted by Crippen LogP contribution is -2.10. The van der Waals surface area contributed by atoms with Gasteiger partial charge in [-0.15, -0.1) is 0 Å². The van der Waals surface area contributed by atoms with Crippen molar-refractivity contribution in [3.63, 3.8) is 0 Å². The fourth-order valence-electron chi connectivity index (χ4n) is 1.02. The molecule has 0 saturated carbocycles. The van der Waals surface area contributed by atoms with Gasteiger partial charge in [-0.3, -0.25) is 0 Å². The van der Waals surface area contributed by atoms with Crippen LogP contribution in [0, 0.1) is 13.8 Å². The van der Waals surface area contributed by atoms with Gasteiger partial charge < -0.3 is 9.84 Å². The molecule has 2 heteroatoms. The van der Waals surface area contributed by atoms with Gasteiger partial charge in [0.2, 0.25) is 0 Å². The summed E-state index contributed by atoms with van der Waals surface area (Å²) in [4.78, 5) is 0. The van der Waals surface area contributed by atoms with Crippen molar-refractivity contribution >= 4 is 0 Å². The molecule has 0 aliphatic rings. The van der Waals surface area contributed by atoms with E-state index in [0.29, 0.717) is 0 Å². The smallest absolute Gasteiger partial charge is 0.194 e. The minimum Gasteiger partial charge on any atom is -0.465 e. The van der Waals surface area contributed by atoms with Gasteiger partial charge in [0.1, 0.15) is 5.75 Å². The summed E-state index contributed by atoms with van der Waals surface area (Å²) in [6.45, 7) is 5.55. The molecule has 12 heavy (non-hydrogen) atoms. The minimum atomic E-state index is -0.745. The van der Waals surface area contributed by atoms with Crippen molar-refractivity contribution in [2.75, 3.05) is 0 Å². The van der Waals surface area contributed by atoms with Crippen LogP contribution in [0.3, 0.4) is 0 Å². The lowest BCUT2D eigenvalue weighted by molar-refractivity contribution is -0.000830. The first kappa shape index (κ1) is 9.07. The average molecular weight is 166 g/mol. The van der Waals surface area contributed by atoms with Crippen molar-refractivity contribution in [2.24, 2.45) is 0 Å². The van der Waals surface area contributed by atoms with Gasteiger partial charge in [-0.25, -0.2) is 0 Å². The second-order valence-corrected chi connectivity index (χ2v) is 2.99. The molecular formula is C10H14O2. The summed E-state index contributed by atoms with van der Waals surface area (Å²) in [6.07, 6.45) is -0.745. The summed E-state index contributed by atoms with van der Waals surface area (Å²) in [5.74, 6) is 0.755. The maximum absolute atomic E-state index is 9.00. The fraction of sp³-hybridized carbons (Fsp3) is 0.400. The Balaban J connectivity index is 2.90. The Hall–Kier alpha value is -1.02. The Kier molecular flexibility index (Phi) is 2.71. The quantitative estimate of drug-likeness (QED) is 0.681. The van der Waals surface area contributed by atoms with E-state index in [0.717, 1.165) is 16.9 Å². The van der Waals surface area contributed by atoms with Crippen LogP contribution in [0.1, 0.15) is 18.1 Å². The van der Waals surface area contributed by atoms with E-state index in [1.807, 2.05) is 32.0 Å². The molecule has 0 saturated heterocycles. The summed E-state index contributed by atoms with van der Waals surface area (Å²) >= 11 is 0. The maximum Gasteiger partial charge on any atom is 0.194 e. The summed E-state index contributed by atoms with van der Waals surface area (Å²) in [7, 11) is 0. The molecule has 1 aromatic rings. The highest BCUT2D eigenvalue weighted by Crippen LogP contribution is 2.19. The maximum atomic E-state index is 9.00. The van der Waals surface area contributed by atoms with Crippen LogP contribution in [0.5, 0.6) is 5.75 Å². The Labute approximate surface area is 72.8 Å². The molecule has 66 valence electrons. The molecule has 0 fully saturated rings. The minimum absolute atomic E-state index is 0.745. The predicted octanol–water partition coefficient (Wildman–Crippen LogP) is 2.02. The Morgan fingerprint density at radius 2 is 2.00 bits per heavy atom. The number of aliphatic hydroxyl groups is 1. The van der Waals surface area contributed by atoms with Crippen LogP contribution in [0.4, 0.5) is 0 Å². The monoisotopic (exact) mass is 166 g/mol. The van der Waals surface area contributed by atoms with E-state index in [2.05, 4.69) is 0 Å². The molecule has 1 atom stereocenters. The molecule has 1 N–H and O–H groups in total. The van der Waals surface area contributed by atoms with Crippen LogP contribution in [0.2, 0.25) is 0 Å². The van der Waals surface area contributed by atoms with Crippen molar-refractivity contribution < 1.29 is 9.84 Å². The van der Waals surface area contributed by atoms with Gasteiger partial charge in [-0.2, -0.15) is 0 Å². The number of ether oxygens (including phenoxy) is 1. The second kappa shape index (κ2) is 3.59. The molecule has 0 bridgehead atoms. The third kappa shape index (κ3) is 2.24. The zero-order chi connectivity index (χ0) is 9.14. The summed E-state index contributed by atoms with van der Waals surface area (Å²) in [6, 6.07) is 5.92. The number of hydrogen-bond donors (Lipinski definition) is 1. The first-order chi connectivity index (χ1) is 5.59. The second-order valence-electron chi connectivity index (χ2n) is 2.99. The molecule has 0 heterocycles. The number of rotatable bonds is 2. The van der Waals surface area contributed by atoms with Gasteiger partial charge in [0, 0.05) is 0 Å². The Morgan fingerprint density at radius 1 is 1.33 bits per heavy atom. The summed E-state index contributed by atoms with van der Waals surface area (Å²) in [5.41, 5.74) is 2.18. The van der Waals surface area contributed by atoms with Crippen LogP contribution in [-0.4, -0.2) is 11.4 Å². The van der Waals surface area contributed by atoms with Crippen LogP contribution < -0.4 is 4.74 Å². The standard InChI is InChI=1S/C10H14O2/c1-7-4-5-8(2)10(6-7)12-9(3)11/h4-6,9,11H,1-3H3. The first-order valence-corrected chi connectivity index (χ1v) is 4.01. The van der Waals surface area contributed by atoms with Crippen molar-refractivity contribution in [1.82, 2.24) is 0 Å². The van der Waals surface area contributed by atoms with Crippen molar-refractivity contribution in [3.8, 4) is 5.75 Å². The van der Waals surface area contributed by atoms with Gasteiger partial charge in [0.25, 0.3) is 0 Å². The van der Waals surface area contributed by atoms with Crippen molar-refractivity contribution in [1.29, 1.82) is 0 Å². The summed E-state index contributed by atoms with van der Waals surface area (Å²) in [5, 5.41) is 9.00. The largest absolute Gasteiger partial charge is 0.465 e. The lowest BCUT2D eigenvalue weighted by Gasteiger charge is -2.11. The normalized spacial score (nSPS) is 12.7. The van der Waals surface area contributed by atoms with Crippen LogP contribution in [-0.2, 0) is 0 Å². The highest BCUT2D eigenvalue weighted by atomic mass is 16.6. The third-order valence-corrected chi connectivity index (χ3v) is 1.64. The van der Waals surface area contributed by atoms with Gasteiger partial charge in [-0.1, -0.05) is 12.1 Å². The molecule has 1 unspecified atom stereocenters. The molecule has 0 radical (unpaired) electrons. The SMILES string of the molecule is Cc1ccc(C)c(OC(C)O)c1. The number of aliphatic hydroxyl groups excluding tert-OH is 1. The first-order valence-electron chi connectivity index (χ1n) is 4.01. The van der Waals surface area contributed by atoms with Gasteiger partial charge in [0.05, 0.1) is 0 Å². The fourth-order valence-corrected chi connectivity index (χ4v) is 1.02. The highest BCUT2D eigenvalue weighted by molar-refractivity contribution is 5.35. The number of hydrogen-bond acceptors (Lipinski definition) is 2. The molecule has 0 aliphatic heterocycles. The van der Waals surface area contributed by atoms with Gasteiger partial charge >= 0.3 is 0 Å². The van der Waals surface area contributed by atoms with Gasteiger partial charge in [0.15, 0.2) is 6.29 Å². The van der Waals surface area contributed by atoms with Crippen molar-refractivity contribution in [2.45, 2.75) is 27.1 Å². The van der Waals surface area contributed by atoms with E-state index in [1.165, 1.54) is 0 Å². The molecule has 0 aromatic heterocycles. The molecule has 0 aliphatic carbocycles. The topological polar surface area (TPSA) is 29.5 Å². The zero-order valence-corrected chi connectivity index (χ0v) is 7.66. The van der Waals surface area contributed by atoms with Crippen LogP contribution in [0.15, 0.2) is 18.2 Å².